The van der Waals surface area contributed by atoms with E-state index in [0.29, 0.717) is 24.7 Å². The molecule has 2 aromatic carbocycles. The lowest BCUT2D eigenvalue weighted by Gasteiger charge is -2.24. The van der Waals surface area contributed by atoms with Gasteiger partial charge in [-0.05, 0) is 29.2 Å². The number of ether oxygens (including phenoxy) is 2. The van der Waals surface area contributed by atoms with E-state index in [-0.39, 0.29) is 12.5 Å². The maximum absolute atomic E-state index is 12.9. The van der Waals surface area contributed by atoms with Gasteiger partial charge in [0.15, 0.2) is 11.5 Å². The maximum atomic E-state index is 12.9. The Morgan fingerprint density at radius 1 is 1.17 bits per heavy atom. The fourth-order valence-corrected chi connectivity index (χ4v) is 5.08. The van der Waals surface area contributed by atoms with E-state index in [9.17, 15) is 8.42 Å². The predicted octanol–water partition coefficient (Wildman–Crippen LogP) is 3.14. The smallest absolute Gasteiger partial charge is 0.218 e. The molecule has 1 fully saturated rings. The van der Waals surface area contributed by atoms with Crippen LogP contribution in [0.25, 0.3) is 0 Å². The van der Waals surface area contributed by atoms with Crippen molar-refractivity contribution < 1.29 is 22.7 Å². The van der Waals surface area contributed by atoms with E-state index in [1.807, 2.05) is 56.3 Å². The number of hydrogen-bond donors (Lipinski definition) is 1. The molecular formula is C22H30N2O5S. The molecule has 0 radical (unpaired) electrons. The summed E-state index contributed by atoms with van der Waals surface area (Å²) in [7, 11) is -0.229. The van der Waals surface area contributed by atoms with Gasteiger partial charge in [-0.25, -0.2) is 13.1 Å². The van der Waals surface area contributed by atoms with E-state index in [1.165, 1.54) is 0 Å². The van der Waals surface area contributed by atoms with E-state index in [1.54, 1.807) is 25.3 Å². The molecule has 7 nitrogen and oxygen atoms in total. The molecule has 8 heteroatoms. The highest BCUT2D eigenvalue weighted by Gasteiger charge is 2.43. The van der Waals surface area contributed by atoms with Crippen LogP contribution < -0.4 is 14.2 Å². The van der Waals surface area contributed by atoms with Gasteiger partial charge in [-0.3, -0.25) is 4.84 Å². The van der Waals surface area contributed by atoms with Gasteiger partial charge in [0, 0.05) is 13.6 Å². The van der Waals surface area contributed by atoms with Crippen molar-refractivity contribution in [3.63, 3.8) is 0 Å². The summed E-state index contributed by atoms with van der Waals surface area (Å²) < 4.78 is 40.0. The number of nitrogens with zero attached hydrogens (tertiary/aromatic N) is 1. The molecule has 1 saturated heterocycles. The van der Waals surface area contributed by atoms with Crippen LogP contribution in [-0.4, -0.2) is 46.0 Å². The Morgan fingerprint density at radius 2 is 1.90 bits per heavy atom. The highest BCUT2D eigenvalue weighted by Crippen LogP contribution is 2.38. The molecule has 1 aliphatic rings. The lowest BCUT2D eigenvalue weighted by molar-refractivity contribution is -0.110. The first-order chi connectivity index (χ1) is 14.3. The number of nitrogens with one attached hydrogen (secondary N) is 1. The molecular weight excluding hydrogens is 404 g/mol. The van der Waals surface area contributed by atoms with Crippen LogP contribution >= 0.6 is 0 Å². The molecule has 164 valence electrons. The second-order valence-corrected chi connectivity index (χ2v) is 9.78. The molecule has 1 N–H and O–H groups in total. The van der Waals surface area contributed by atoms with Gasteiger partial charge in [0.2, 0.25) is 10.0 Å². The van der Waals surface area contributed by atoms with Crippen molar-refractivity contribution in [2.75, 3.05) is 27.3 Å². The molecule has 1 heterocycles. The largest absolute Gasteiger partial charge is 0.493 e. The average Bonchev–Trinajstić information content (AvgIpc) is 3.13. The van der Waals surface area contributed by atoms with Crippen LogP contribution in [0.4, 0.5) is 0 Å². The molecule has 3 rings (SSSR count). The molecule has 0 aromatic heterocycles. The summed E-state index contributed by atoms with van der Waals surface area (Å²) in [6.45, 7) is 4.81. The van der Waals surface area contributed by atoms with Crippen LogP contribution in [0, 0.1) is 5.92 Å². The number of sulfonamides is 1. The average molecular weight is 435 g/mol. The fraction of sp³-hybridized carbons (Fsp3) is 0.455. The normalized spacial score (nSPS) is 19.9. The van der Waals surface area contributed by atoms with E-state index in [4.69, 9.17) is 14.3 Å². The third-order valence-electron chi connectivity index (χ3n) is 5.04. The third kappa shape index (κ3) is 5.31. The Hall–Kier alpha value is -2.13. The molecule has 2 atom stereocenters. The fourth-order valence-electron chi connectivity index (χ4n) is 3.40. The molecule has 0 amide bonds. The summed E-state index contributed by atoms with van der Waals surface area (Å²) in [6, 6.07) is 14.9. The zero-order chi connectivity index (χ0) is 21.7. The molecule has 2 aromatic rings. The minimum absolute atomic E-state index is 0.0980. The van der Waals surface area contributed by atoms with Gasteiger partial charge in [-0.1, -0.05) is 50.2 Å². The van der Waals surface area contributed by atoms with Crippen molar-refractivity contribution in [3.05, 3.63) is 59.7 Å². The van der Waals surface area contributed by atoms with Gasteiger partial charge >= 0.3 is 0 Å². The Kier molecular flexibility index (Phi) is 7.36. The van der Waals surface area contributed by atoms with E-state index < -0.39 is 21.3 Å². The van der Waals surface area contributed by atoms with Gasteiger partial charge in [0.1, 0.15) is 11.9 Å². The number of hydrogen-bond acceptors (Lipinski definition) is 6. The van der Waals surface area contributed by atoms with Gasteiger partial charge in [0.25, 0.3) is 0 Å². The minimum atomic E-state index is -3.56. The van der Waals surface area contributed by atoms with Crippen molar-refractivity contribution in [2.45, 2.75) is 31.7 Å². The van der Waals surface area contributed by atoms with Crippen molar-refractivity contribution >= 4 is 10.0 Å². The summed E-state index contributed by atoms with van der Waals surface area (Å²) in [6.07, 6.45) is 0. The summed E-state index contributed by atoms with van der Waals surface area (Å²) in [5.74, 6) is 1.37. The summed E-state index contributed by atoms with van der Waals surface area (Å²) >= 11 is 0. The van der Waals surface area contributed by atoms with Crippen molar-refractivity contribution in [3.8, 4) is 11.5 Å². The molecule has 0 saturated carbocycles. The highest BCUT2D eigenvalue weighted by atomic mass is 32.2. The highest BCUT2D eigenvalue weighted by molar-refractivity contribution is 7.90. The summed E-state index contributed by atoms with van der Waals surface area (Å²) in [5.41, 5.74) is 1.82. The zero-order valence-electron chi connectivity index (χ0n) is 17.9. The van der Waals surface area contributed by atoms with Crippen molar-refractivity contribution in [1.29, 1.82) is 0 Å². The first-order valence-electron chi connectivity index (χ1n) is 10.0. The van der Waals surface area contributed by atoms with Gasteiger partial charge < -0.3 is 9.47 Å². The second-order valence-electron chi connectivity index (χ2n) is 7.80. The Balaban J connectivity index is 1.85. The van der Waals surface area contributed by atoms with Gasteiger partial charge in [-0.15, -0.1) is 0 Å². The Labute approximate surface area is 178 Å². The maximum Gasteiger partial charge on any atom is 0.218 e. The van der Waals surface area contributed by atoms with Crippen molar-refractivity contribution in [1.82, 2.24) is 9.79 Å². The number of rotatable bonds is 9. The summed E-state index contributed by atoms with van der Waals surface area (Å²) in [4.78, 5) is 5.59. The van der Waals surface area contributed by atoms with E-state index >= 15 is 0 Å². The number of methoxy groups -OCH3 is 1. The molecule has 0 aliphatic carbocycles. The Morgan fingerprint density at radius 3 is 2.57 bits per heavy atom. The molecule has 1 aliphatic heterocycles. The topological polar surface area (TPSA) is 77.1 Å². The molecule has 0 spiro atoms. The van der Waals surface area contributed by atoms with E-state index in [0.717, 1.165) is 11.1 Å². The monoisotopic (exact) mass is 434 g/mol. The van der Waals surface area contributed by atoms with Crippen LogP contribution in [0.1, 0.15) is 31.0 Å². The summed E-state index contributed by atoms with van der Waals surface area (Å²) in [5, 5.41) is 0.874. The minimum Gasteiger partial charge on any atom is -0.493 e. The van der Waals surface area contributed by atoms with Crippen molar-refractivity contribution in [2.24, 2.45) is 5.92 Å². The second kappa shape index (κ2) is 9.78. The molecule has 30 heavy (non-hydrogen) atoms. The zero-order valence-corrected chi connectivity index (χ0v) is 18.7. The first kappa shape index (κ1) is 22.6. The van der Waals surface area contributed by atoms with E-state index in [2.05, 4.69) is 4.72 Å². The lowest BCUT2D eigenvalue weighted by Crippen LogP contribution is -2.40. The quantitative estimate of drug-likeness (QED) is 0.653. The lowest BCUT2D eigenvalue weighted by atomic mass is 10.0. The van der Waals surface area contributed by atoms with Crippen LogP contribution in [-0.2, 0) is 21.5 Å². The first-order valence-corrected chi connectivity index (χ1v) is 11.6. The molecule has 0 bridgehead atoms. The van der Waals surface area contributed by atoms with Crippen LogP contribution in [0.3, 0.4) is 0 Å². The standard InChI is InChI=1S/C22H30N2O5S/c1-16(2)13-23-30(25,26)21-15-29-24(3)22(21)18-10-11-19(27-4)20(12-18)28-14-17-8-6-5-7-9-17/h5-12,16,21-23H,13-15H2,1-4H3/t21-,22+/m0/s1. The van der Waals surface area contributed by atoms with Gasteiger partial charge in [0.05, 0.1) is 19.8 Å². The molecule has 0 unspecified atom stereocenters. The van der Waals surface area contributed by atoms with Gasteiger partial charge in [-0.2, -0.15) is 5.06 Å². The SMILES string of the molecule is COc1ccc([C@@H]2[C@@H](S(=O)(=O)NCC(C)C)CON2C)cc1OCc1ccccc1. The van der Waals surface area contributed by atoms with Crippen LogP contribution in [0.2, 0.25) is 0 Å². The number of benzene rings is 2. The number of hydroxylamine groups is 2. The van der Waals surface area contributed by atoms with Crippen LogP contribution in [0.5, 0.6) is 11.5 Å². The third-order valence-corrected chi connectivity index (χ3v) is 6.80. The van der Waals surface area contributed by atoms with Crippen LogP contribution in [0.15, 0.2) is 48.5 Å². The predicted molar refractivity (Wildman–Crippen MR) is 116 cm³/mol. The Bertz CT molecular complexity index is 934.